The number of nitrogens with two attached hydrogens (primary N) is 1. The van der Waals surface area contributed by atoms with Crippen LogP contribution >= 0.6 is 0 Å². The summed E-state index contributed by atoms with van der Waals surface area (Å²) in [7, 11) is 0. The Hall–Kier alpha value is -0.0400. The van der Waals surface area contributed by atoms with E-state index in [2.05, 4.69) is 27.7 Å². The van der Waals surface area contributed by atoms with Crippen molar-refractivity contribution >= 4 is 0 Å². The molecule has 0 amide bonds. The number of rotatable bonds is 2. The van der Waals surface area contributed by atoms with Crippen molar-refractivity contribution in [2.75, 3.05) is 0 Å². The van der Waals surface area contributed by atoms with Crippen molar-refractivity contribution in [2.24, 2.45) is 29.4 Å². The third-order valence-electron chi connectivity index (χ3n) is 3.76. The van der Waals surface area contributed by atoms with Crippen molar-refractivity contribution in [2.45, 2.75) is 53.0 Å². The molecule has 1 aliphatic carbocycles. The van der Waals surface area contributed by atoms with Crippen LogP contribution < -0.4 is 5.73 Å². The van der Waals surface area contributed by atoms with Crippen LogP contribution in [0.3, 0.4) is 0 Å². The van der Waals surface area contributed by atoms with Crippen LogP contribution in [0.2, 0.25) is 0 Å². The first kappa shape index (κ1) is 11.0. The van der Waals surface area contributed by atoms with Crippen LogP contribution in [-0.4, -0.2) is 6.04 Å². The zero-order valence-corrected chi connectivity index (χ0v) is 9.59. The van der Waals surface area contributed by atoms with E-state index < -0.39 is 0 Å². The maximum absolute atomic E-state index is 6.23. The monoisotopic (exact) mass is 183 g/mol. The number of hydrogen-bond acceptors (Lipinski definition) is 1. The van der Waals surface area contributed by atoms with Gasteiger partial charge in [-0.15, -0.1) is 0 Å². The molecule has 1 saturated carbocycles. The minimum absolute atomic E-state index is 0.419. The van der Waals surface area contributed by atoms with E-state index in [1.807, 2.05) is 0 Å². The second-order valence-corrected chi connectivity index (χ2v) is 5.38. The summed E-state index contributed by atoms with van der Waals surface area (Å²) in [5, 5.41) is 0. The summed E-state index contributed by atoms with van der Waals surface area (Å²) < 4.78 is 0. The van der Waals surface area contributed by atoms with Crippen molar-refractivity contribution in [3.8, 4) is 0 Å². The molecule has 4 atom stereocenters. The van der Waals surface area contributed by atoms with E-state index in [-0.39, 0.29) is 0 Å². The van der Waals surface area contributed by atoms with E-state index in [1.54, 1.807) is 0 Å². The van der Waals surface area contributed by atoms with Gasteiger partial charge in [0.15, 0.2) is 0 Å². The highest BCUT2D eigenvalue weighted by Crippen LogP contribution is 2.36. The van der Waals surface area contributed by atoms with Crippen molar-refractivity contribution in [3.05, 3.63) is 0 Å². The molecule has 4 unspecified atom stereocenters. The smallest absolute Gasteiger partial charge is 0.00929 e. The first-order valence-electron chi connectivity index (χ1n) is 5.78. The molecule has 0 heterocycles. The van der Waals surface area contributed by atoms with Crippen LogP contribution in [0, 0.1) is 23.7 Å². The van der Waals surface area contributed by atoms with E-state index in [0.717, 1.165) is 17.8 Å². The van der Waals surface area contributed by atoms with Crippen LogP contribution in [0.15, 0.2) is 0 Å². The Bertz CT molecular complexity index is 153. The maximum atomic E-state index is 6.23. The predicted octanol–water partition coefficient (Wildman–Crippen LogP) is 3.04. The van der Waals surface area contributed by atoms with Gasteiger partial charge in [0.25, 0.3) is 0 Å². The number of hydrogen-bond donors (Lipinski definition) is 1. The van der Waals surface area contributed by atoms with Crippen LogP contribution in [0.5, 0.6) is 0 Å². The lowest BCUT2D eigenvalue weighted by molar-refractivity contribution is 0.155. The second-order valence-electron chi connectivity index (χ2n) is 5.38. The van der Waals surface area contributed by atoms with E-state index in [4.69, 9.17) is 5.73 Å². The lowest BCUT2D eigenvalue weighted by Crippen LogP contribution is -2.40. The fourth-order valence-electron chi connectivity index (χ4n) is 2.76. The van der Waals surface area contributed by atoms with Crippen molar-refractivity contribution in [1.29, 1.82) is 0 Å². The van der Waals surface area contributed by atoms with E-state index in [1.165, 1.54) is 19.3 Å². The topological polar surface area (TPSA) is 26.0 Å². The van der Waals surface area contributed by atoms with Gasteiger partial charge in [-0.3, -0.25) is 0 Å². The van der Waals surface area contributed by atoms with Crippen molar-refractivity contribution in [3.63, 3.8) is 0 Å². The molecule has 0 saturated heterocycles. The van der Waals surface area contributed by atoms with Gasteiger partial charge in [-0.25, -0.2) is 0 Å². The summed E-state index contributed by atoms with van der Waals surface area (Å²) in [6, 6.07) is 0.419. The third-order valence-corrected chi connectivity index (χ3v) is 3.76. The minimum Gasteiger partial charge on any atom is -0.327 e. The van der Waals surface area contributed by atoms with E-state index >= 15 is 0 Å². The molecule has 1 heteroatoms. The highest BCUT2D eigenvalue weighted by Gasteiger charge is 2.30. The zero-order chi connectivity index (χ0) is 10.0. The molecule has 1 aliphatic rings. The summed E-state index contributed by atoms with van der Waals surface area (Å²) in [6.07, 6.45) is 4.11. The molecule has 1 fully saturated rings. The molecule has 1 nitrogen and oxygen atoms in total. The summed E-state index contributed by atoms with van der Waals surface area (Å²) in [5.41, 5.74) is 6.23. The predicted molar refractivity (Wildman–Crippen MR) is 58.5 cm³/mol. The van der Waals surface area contributed by atoms with Crippen molar-refractivity contribution < 1.29 is 0 Å². The van der Waals surface area contributed by atoms with Gasteiger partial charge < -0.3 is 5.73 Å². The molecule has 0 aromatic carbocycles. The molecular formula is C12H25N. The molecule has 0 bridgehead atoms. The van der Waals surface area contributed by atoms with Gasteiger partial charge in [0.1, 0.15) is 0 Å². The van der Waals surface area contributed by atoms with Gasteiger partial charge in [-0.1, -0.05) is 34.1 Å². The van der Waals surface area contributed by atoms with Gasteiger partial charge in [0.05, 0.1) is 0 Å². The average molecular weight is 183 g/mol. The van der Waals surface area contributed by atoms with E-state index in [9.17, 15) is 0 Å². The molecule has 0 spiro atoms. The zero-order valence-electron chi connectivity index (χ0n) is 9.59. The summed E-state index contributed by atoms with van der Waals surface area (Å²) in [6.45, 7) is 9.24. The molecule has 78 valence electrons. The largest absolute Gasteiger partial charge is 0.327 e. The minimum atomic E-state index is 0.419. The van der Waals surface area contributed by atoms with Crippen molar-refractivity contribution in [1.82, 2.24) is 0 Å². The molecule has 0 radical (unpaired) electrons. The SMILES string of the molecule is CC1CCC(C(N)C(C)C)C(C)C1. The van der Waals surface area contributed by atoms with Crippen LogP contribution in [0.4, 0.5) is 0 Å². The summed E-state index contributed by atoms with van der Waals surface area (Å²) in [5.74, 6) is 3.17. The second kappa shape index (κ2) is 4.45. The van der Waals surface area contributed by atoms with Gasteiger partial charge in [0.2, 0.25) is 0 Å². The fourth-order valence-corrected chi connectivity index (χ4v) is 2.76. The third kappa shape index (κ3) is 2.70. The Balaban J connectivity index is 2.50. The Morgan fingerprint density at radius 3 is 2.23 bits per heavy atom. The Morgan fingerprint density at radius 2 is 1.77 bits per heavy atom. The van der Waals surface area contributed by atoms with Crippen LogP contribution in [-0.2, 0) is 0 Å². The standard InChI is InChI=1S/C12H25N/c1-8(2)12(13)11-6-5-9(3)7-10(11)4/h8-12H,5-7,13H2,1-4H3. The Morgan fingerprint density at radius 1 is 1.15 bits per heavy atom. The quantitative estimate of drug-likeness (QED) is 0.699. The first-order valence-corrected chi connectivity index (χ1v) is 5.78. The molecule has 1 rings (SSSR count). The molecule has 0 aromatic rings. The summed E-state index contributed by atoms with van der Waals surface area (Å²) >= 11 is 0. The van der Waals surface area contributed by atoms with Gasteiger partial charge in [0, 0.05) is 6.04 Å². The first-order chi connectivity index (χ1) is 6.02. The molecule has 0 aliphatic heterocycles. The average Bonchev–Trinajstić information content (AvgIpc) is 2.03. The molecular weight excluding hydrogens is 158 g/mol. The van der Waals surface area contributed by atoms with Gasteiger partial charge >= 0.3 is 0 Å². The van der Waals surface area contributed by atoms with Crippen LogP contribution in [0.25, 0.3) is 0 Å². The fraction of sp³-hybridized carbons (Fsp3) is 1.00. The normalized spacial score (nSPS) is 37.8. The lowest BCUT2D eigenvalue weighted by atomic mass is 9.70. The Labute approximate surface area is 83.1 Å². The van der Waals surface area contributed by atoms with Gasteiger partial charge in [-0.2, -0.15) is 0 Å². The molecule has 2 N–H and O–H groups in total. The highest BCUT2D eigenvalue weighted by atomic mass is 14.7. The van der Waals surface area contributed by atoms with Crippen LogP contribution in [0.1, 0.15) is 47.0 Å². The molecule has 0 aromatic heterocycles. The molecule has 13 heavy (non-hydrogen) atoms. The van der Waals surface area contributed by atoms with E-state index in [0.29, 0.717) is 12.0 Å². The highest BCUT2D eigenvalue weighted by molar-refractivity contribution is 4.84. The summed E-state index contributed by atoms with van der Waals surface area (Å²) in [4.78, 5) is 0. The Kier molecular flexibility index (Phi) is 3.78. The van der Waals surface area contributed by atoms with Gasteiger partial charge in [-0.05, 0) is 36.5 Å². The maximum Gasteiger partial charge on any atom is 0.00929 e. The lowest BCUT2D eigenvalue weighted by Gasteiger charge is -2.37.